The van der Waals surface area contributed by atoms with Crippen molar-refractivity contribution in [3.63, 3.8) is 0 Å². The van der Waals surface area contributed by atoms with E-state index in [1.807, 2.05) is 44.2 Å². The van der Waals surface area contributed by atoms with Crippen LogP contribution in [0.5, 0.6) is 11.5 Å². The first kappa shape index (κ1) is 62.9. The average molecular weight is 1170 g/mol. The molecule has 4 aromatic rings. The lowest BCUT2D eigenvalue weighted by atomic mass is 9.90. The van der Waals surface area contributed by atoms with Crippen LogP contribution in [0.3, 0.4) is 0 Å². The second-order valence-electron chi connectivity index (χ2n) is 19.1. The summed E-state index contributed by atoms with van der Waals surface area (Å²) in [7, 11) is -5.06. The van der Waals surface area contributed by atoms with Crippen molar-refractivity contribution in [1.82, 2.24) is 20.1 Å². The standard InChI is InChI=1S/C24H27N3O6.C22H28F2NO6PS3.C9H15NO/c28-16-27-14-18(15-27)21-13-25-8-7-22(21)33-12-10-31-9-11-32-19-3-1-17(2-4-19)20-5-6-23(29)26-24(20)30;1-3-5-19(26)33-11-9-30-32(29,31-10-12-34-20(27)6-4-2)22(23,24)16-7-8-17-15(13-16)14-18(35-17)21(25)28;11-9-6-2-1-4-8-5-3-7-10(8)9/h1-4,7-8,13,16,18,20H,5-6,9-12,14-15H2,(H,26,29,30);7-8,13-14H,3-6,9-12H2,1-2H3,(H2,25,28);8H,1-7H2. The van der Waals surface area contributed by atoms with Gasteiger partial charge in [0, 0.05) is 97.0 Å². The van der Waals surface area contributed by atoms with Gasteiger partial charge in [-0.3, -0.25) is 48.4 Å². The smallest absolute Gasteiger partial charge is 0.404 e. The number of hydrogen-bond donors (Lipinski definition) is 2. The highest BCUT2D eigenvalue weighted by molar-refractivity contribution is 8.13. The number of hydrogen-bond acceptors (Lipinski definition) is 17. The summed E-state index contributed by atoms with van der Waals surface area (Å²) in [6.45, 7) is 6.95. The molecule has 0 aliphatic carbocycles. The monoisotopic (exact) mass is 1170 g/mol. The van der Waals surface area contributed by atoms with Crippen molar-refractivity contribution in [2.24, 2.45) is 5.73 Å². The maximum absolute atomic E-state index is 15.6. The fourth-order valence-corrected chi connectivity index (χ4v) is 13.3. The highest BCUT2D eigenvalue weighted by Crippen LogP contribution is 2.67. The summed E-state index contributed by atoms with van der Waals surface area (Å²) >= 11 is 2.89. The lowest BCUT2D eigenvalue weighted by molar-refractivity contribution is -0.134. The number of thioether (sulfide) groups is 2. The molecule has 4 aliphatic rings. The number of carbonyl (C=O) groups is 7. The number of amides is 5. The van der Waals surface area contributed by atoms with Crippen LogP contribution in [0.15, 0.2) is 67.0 Å². The van der Waals surface area contributed by atoms with Crippen molar-refractivity contribution in [1.29, 1.82) is 0 Å². The highest BCUT2D eigenvalue weighted by atomic mass is 32.2. The van der Waals surface area contributed by atoms with Crippen LogP contribution in [-0.2, 0) is 52.8 Å². The van der Waals surface area contributed by atoms with Gasteiger partial charge in [-0.2, -0.15) is 8.78 Å². The largest absolute Gasteiger partial charge is 0.491 e. The first-order chi connectivity index (χ1) is 38.0. The quantitative estimate of drug-likeness (QED) is 0.0257. The Morgan fingerprint density at radius 1 is 0.848 bits per heavy atom. The van der Waals surface area contributed by atoms with Gasteiger partial charge >= 0.3 is 13.3 Å². The molecule has 6 heterocycles. The summed E-state index contributed by atoms with van der Waals surface area (Å²) in [5.74, 6) is 0.775. The summed E-state index contributed by atoms with van der Waals surface area (Å²) in [5, 5.41) is 2.49. The number of carbonyl (C=O) groups excluding carboxylic acids is 7. The number of nitrogens with one attached hydrogen (secondary N) is 1. The number of ether oxygens (including phenoxy) is 3. The Hall–Kier alpha value is -5.29. The molecule has 79 heavy (non-hydrogen) atoms. The third kappa shape index (κ3) is 18.6. The Morgan fingerprint density at radius 2 is 1.52 bits per heavy atom. The molecule has 430 valence electrons. The molecule has 0 bridgehead atoms. The van der Waals surface area contributed by atoms with Crippen molar-refractivity contribution < 1.29 is 70.2 Å². The number of nitrogens with zero attached hydrogens (tertiary/aromatic N) is 3. The van der Waals surface area contributed by atoms with Gasteiger partial charge in [0.1, 0.15) is 24.7 Å². The van der Waals surface area contributed by atoms with Crippen molar-refractivity contribution in [3.05, 3.63) is 88.6 Å². The molecule has 0 saturated carbocycles. The van der Waals surface area contributed by atoms with E-state index in [2.05, 4.69) is 15.2 Å². The molecule has 2 unspecified atom stereocenters. The van der Waals surface area contributed by atoms with E-state index >= 15 is 8.78 Å². The number of halogens is 2. The van der Waals surface area contributed by atoms with Crippen molar-refractivity contribution in [2.45, 2.75) is 114 Å². The SMILES string of the molecule is CCCC(=O)SCCOP(=O)(OCCSC(=O)CCC)C(F)(F)c1ccc2sc(C(N)=O)cc2c1.O=C1CCCCC2CCCN12.O=CN1CC(c2cnccc2OCCOCCOc2ccc(C3CCC(=O)NC3=O)cc2)C1. The Kier molecular flexibility index (Phi) is 25.2. The number of imide groups is 1. The molecule has 18 nitrogen and oxygen atoms in total. The fourth-order valence-electron chi connectivity index (χ4n) is 9.12. The van der Waals surface area contributed by atoms with Crippen LogP contribution >= 0.6 is 42.5 Å². The van der Waals surface area contributed by atoms with Gasteiger partial charge in [0.15, 0.2) is 10.2 Å². The molecular weight excluding hydrogens is 1100 g/mol. The summed E-state index contributed by atoms with van der Waals surface area (Å²) in [4.78, 5) is 88.4. The molecule has 0 spiro atoms. The van der Waals surface area contributed by atoms with Crippen molar-refractivity contribution in [2.75, 3.05) is 70.8 Å². The first-order valence-electron chi connectivity index (χ1n) is 26.7. The topological polar surface area (TPSA) is 240 Å². The van der Waals surface area contributed by atoms with Gasteiger partial charge < -0.3 is 38.8 Å². The van der Waals surface area contributed by atoms with E-state index in [4.69, 9.17) is 29.0 Å². The molecule has 5 amide bonds. The Bertz CT molecular complexity index is 2720. The zero-order chi connectivity index (χ0) is 56.8. The Morgan fingerprint density at radius 3 is 2.16 bits per heavy atom. The molecule has 4 aliphatic heterocycles. The van der Waals surface area contributed by atoms with Crippen LogP contribution in [-0.4, -0.2) is 132 Å². The minimum Gasteiger partial charge on any atom is -0.491 e. The van der Waals surface area contributed by atoms with Gasteiger partial charge in [-0.25, -0.2) is 0 Å². The number of nitrogens with two attached hydrogens (primary N) is 1. The number of primary amides is 1. The Balaban J connectivity index is 0.000000213. The normalized spacial score (nSPS) is 17.5. The van der Waals surface area contributed by atoms with Gasteiger partial charge in [0.2, 0.25) is 24.1 Å². The first-order valence-corrected chi connectivity index (χ1v) is 31.0. The predicted molar refractivity (Wildman–Crippen MR) is 300 cm³/mol. The van der Waals surface area contributed by atoms with Crippen LogP contribution in [0.25, 0.3) is 10.1 Å². The molecule has 8 rings (SSSR count). The molecule has 3 N–H and O–H groups in total. The van der Waals surface area contributed by atoms with Crippen LogP contribution < -0.4 is 20.5 Å². The third-order valence-corrected chi connectivity index (χ3v) is 18.2. The zero-order valence-electron chi connectivity index (χ0n) is 44.6. The summed E-state index contributed by atoms with van der Waals surface area (Å²) < 4.78 is 72.4. The van der Waals surface area contributed by atoms with Crippen LogP contribution in [0.1, 0.15) is 129 Å². The van der Waals surface area contributed by atoms with Gasteiger partial charge in [-0.05, 0) is 92.3 Å². The van der Waals surface area contributed by atoms with E-state index in [1.54, 1.807) is 17.3 Å². The van der Waals surface area contributed by atoms with Gasteiger partial charge in [0.05, 0.1) is 37.2 Å². The predicted octanol–water partition coefficient (Wildman–Crippen LogP) is 9.58. The number of rotatable bonds is 26. The molecule has 0 radical (unpaired) electrons. The van der Waals surface area contributed by atoms with E-state index in [1.165, 1.54) is 37.8 Å². The number of thiophene rings is 1. The molecule has 4 saturated heterocycles. The van der Waals surface area contributed by atoms with Gasteiger partial charge in [-0.1, -0.05) is 62.0 Å². The van der Waals surface area contributed by atoms with Crippen molar-refractivity contribution >= 4 is 92.8 Å². The molecule has 2 aromatic carbocycles. The second kappa shape index (κ2) is 31.6. The maximum atomic E-state index is 15.6. The number of aromatic nitrogens is 1. The lowest BCUT2D eigenvalue weighted by Crippen LogP contribution is -2.43. The number of pyridine rings is 1. The minimum atomic E-state index is -5.06. The fraction of sp³-hybridized carbons (Fsp3) is 0.527. The number of fused-ring (bicyclic) bond motifs is 2. The molecule has 2 aromatic heterocycles. The zero-order valence-corrected chi connectivity index (χ0v) is 47.9. The summed E-state index contributed by atoms with van der Waals surface area (Å²) in [6.07, 6.45) is 14.1. The molecule has 4 fully saturated rings. The molecule has 24 heteroatoms. The molecular formula is C55H70F2N5O13PS3. The van der Waals surface area contributed by atoms with Crippen LogP contribution in [0.2, 0.25) is 0 Å². The molecule has 2 atom stereocenters. The van der Waals surface area contributed by atoms with Crippen LogP contribution in [0.4, 0.5) is 8.78 Å². The van der Waals surface area contributed by atoms with E-state index < -0.39 is 24.7 Å². The van der Waals surface area contributed by atoms with Gasteiger partial charge in [-0.15, -0.1) is 11.3 Å². The maximum Gasteiger partial charge on any atom is 0.404 e. The highest BCUT2D eigenvalue weighted by Gasteiger charge is 2.55. The van der Waals surface area contributed by atoms with E-state index in [0.29, 0.717) is 106 Å². The van der Waals surface area contributed by atoms with E-state index in [-0.39, 0.29) is 63.5 Å². The number of alkyl halides is 2. The third-order valence-electron chi connectivity index (χ3n) is 13.3. The van der Waals surface area contributed by atoms with Gasteiger partial charge in [0.25, 0.3) is 5.91 Å². The summed E-state index contributed by atoms with van der Waals surface area (Å²) in [5.41, 5.74) is 2.53. The van der Waals surface area contributed by atoms with Crippen molar-refractivity contribution in [3.8, 4) is 11.5 Å². The minimum absolute atomic E-state index is 0.0392. The Labute approximate surface area is 471 Å². The lowest BCUT2D eigenvalue weighted by Gasteiger charge is -2.37. The van der Waals surface area contributed by atoms with E-state index in [0.717, 1.165) is 89.7 Å². The summed E-state index contributed by atoms with van der Waals surface area (Å²) in [6, 6.07) is 14.8. The van der Waals surface area contributed by atoms with E-state index in [9.17, 15) is 38.1 Å². The number of piperidine rings is 1. The second-order valence-corrected chi connectivity index (χ2v) is 24.5. The van der Waals surface area contributed by atoms with Crippen LogP contribution in [0, 0.1) is 0 Å². The average Bonchev–Trinajstić information content (AvgIpc) is 4.06. The number of benzene rings is 2. The number of likely N-dealkylation sites (tertiary alicyclic amines) is 1.